The average molecular weight is 357 g/mol. The summed E-state index contributed by atoms with van der Waals surface area (Å²) in [5, 5.41) is 12.3. The summed E-state index contributed by atoms with van der Waals surface area (Å²) in [7, 11) is 0. The van der Waals surface area contributed by atoms with E-state index in [1.54, 1.807) is 0 Å². The summed E-state index contributed by atoms with van der Waals surface area (Å²) >= 11 is 3.39. The van der Waals surface area contributed by atoms with Crippen LogP contribution in [0.1, 0.15) is 25.8 Å². The third-order valence-corrected chi connectivity index (χ3v) is 3.81. The van der Waals surface area contributed by atoms with E-state index in [0.717, 1.165) is 10.0 Å². The van der Waals surface area contributed by atoms with Gasteiger partial charge < -0.3 is 16.2 Å². The van der Waals surface area contributed by atoms with Crippen LogP contribution in [0.5, 0.6) is 0 Å². The highest BCUT2D eigenvalue weighted by atomic mass is 79.9. The molecule has 0 spiro atoms. The second-order valence-corrected chi connectivity index (χ2v) is 6.26. The van der Waals surface area contributed by atoms with Crippen molar-refractivity contribution in [2.75, 3.05) is 0 Å². The van der Waals surface area contributed by atoms with Gasteiger partial charge in [-0.25, -0.2) is 0 Å². The third-order valence-electron chi connectivity index (χ3n) is 3.04. The van der Waals surface area contributed by atoms with Crippen LogP contribution in [0.15, 0.2) is 28.7 Å². The van der Waals surface area contributed by atoms with E-state index in [9.17, 15) is 14.7 Å². The zero-order valence-electron chi connectivity index (χ0n) is 12.2. The lowest BCUT2D eigenvalue weighted by atomic mass is 10.0. The number of amides is 2. The number of aliphatic hydroxyl groups excluding tert-OH is 1. The number of nitrogens with one attached hydrogen (secondary N) is 1. The molecule has 0 aromatic heterocycles. The zero-order valence-corrected chi connectivity index (χ0v) is 13.8. The molecule has 116 valence electrons. The van der Waals surface area contributed by atoms with Crippen molar-refractivity contribution in [2.24, 2.45) is 11.7 Å². The van der Waals surface area contributed by atoms with Crippen LogP contribution >= 0.6 is 15.9 Å². The molecule has 1 rings (SSSR count). The minimum Gasteiger partial charge on any atom is -0.383 e. The molecule has 0 radical (unpaired) electrons. The molecule has 0 saturated carbocycles. The zero-order chi connectivity index (χ0) is 16.0. The lowest BCUT2D eigenvalue weighted by Crippen LogP contribution is -2.49. The molecule has 1 aromatic rings. The van der Waals surface area contributed by atoms with Crippen molar-refractivity contribution in [3.05, 3.63) is 34.3 Å². The topological polar surface area (TPSA) is 92.4 Å². The summed E-state index contributed by atoms with van der Waals surface area (Å²) < 4.78 is 0.841. The maximum absolute atomic E-state index is 11.9. The fourth-order valence-electron chi connectivity index (χ4n) is 1.93. The molecule has 0 aliphatic carbocycles. The van der Waals surface area contributed by atoms with Gasteiger partial charge in [0.15, 0.2) is 0 Å². The molecule has 0 bridgehead atoms. The summed E-state index contributed by atoms with van der Waals surface area (Å²) in [4.78, 5) is 23.4. The summed E-state index contributed by atoms with van der Waals surface area (Å²) in [6.07, 6.45) is -0.519. The third kappa shape index (κ3) is 5.85. The first-order valence-electron chi connectivity index (χ1n) is 6.82. The Bertz CT molecular complexity index is 505. The van der Waals surface area contributed by atoms with Crippen LogP contribution in [0.2, 0.25) is 0 Å². The smallest absolute Gasteiger partial charge is 0.249 e. The van der Waals surface area contributed by atoms with Crippen molar-refractivity contribution in [3.63, 3.8) is 0 Å². The van der Waals surface area contributed by atoms with Gasteiger partial charge in [-0.2, -0.15) is 0 Å². The van der Waals surface area contributed by atoms with Crippen LogP contribution in [0.25, 0.3) is 0 Å². The van der Waals surface area contributed by atoms with E-state index in [-0.39, 0.29) is 12.3 Å². The van der Waals surface area contributed by atoms with Gasteiger partial charge in [-0.15, -0.1) is 0 Å². The summed E-state index contributed by atoms with van der Waals surface area (Å²) in [6.45, 7) is 3.81. The minimum absolute atomic E-state index is 0.182. The first kappa shape index (κ1) is 17.7. The van der Waals surface area contributed by atoms with E-state index < -0.39 is 24.0 Å². The molecular formula is C15H21BrN2O3. The van der Waals surface area contributed by atoms with E-state index in [2.05, 4.69) is 21.2 Å². The highest BCUT2D eigenvalue weighted by Crippen LogP contribution is 2.17. The van der Waals surface area contributed by atoms with Gasteiger partial charge in [-0.1, -0.05) is 48.0 Å². The van der Waals surface area contributed by atoms with Crippen LogP contribution in [0, 0.1) is 5.92 Å². The van der Waals surface area contributed by atoms with Gasteiger partial charge in [0.1, 0.15) is 12.1 Å². The number of rotatable bonds is 7. The Morgan fingerprint density at radius 3 is 2.48 bits per heavy atom. The van der Waals surface area contributed by atoms with Crippen molar-refractivity contribution in [1.29, 1.82) is 0 Å². The van der Waals surface area contributed by atoms with Gasteiger partial charge in [0.2, 0.25) is 11.8 Å². The average Bonchev–Trinajstić information content (AvgIpc) is 2.39. The Hall–Kier alpha value is -1.40. The number of primary amides is 1. The van der Waals surface area contributed by atoms with Crippen molar-refractivity contribution < 1.29 is 14.7 Å². The predicted molar refractivity (Wildman–Crippen MR) is 84.4 cm³/mol. The number of nitrogens with two attached hydrogens (primary N) is 1. The predicted octanol–water partition coefficient (Wildman–Crippen LogP) is 1.37. The van der Waals surface area contributed by atoms with Crippen LogP contribution in [0.3, 0.4) is 0 Å². The van der Waals surface area contributed by atoms with E-state index in [1.807, 2.05) is 38.1 Å². The normalized spacial score (nSPS) is 13.8. The number of hydrogen-bond acceptors (Lipinski definition) is 3. The molecule has 0 aliphatic heterocycles. The Morgan fingerprint density at radius 1 is 1.33 bits per heavy atom. The molecule has 0 saturated heterocycles. The number of carbonyl (C=O) groups excluding carboxylic acids is 2. The largest absolute Gasteiger partial charge is 0.383 e. The molecule has 1 aromatic carbocycles. The maximum atomic E-state index is 11.9. The molecular weight excluding hydrogens is 336 g/mol. The highest BCUT2D eigenvalue weighted by molar-refractivity contribution is 9.10. The van der Waals surface area contributed by atoms with Gasteiger partial charge in [0, 0.05) is 10.9 Å². The number of hydrogen-bond donors (Lipinski definition) is 3. The fraction of sp³-hybridized carbons (Fsp3) is 0.467. The lowest BCUT2D eigenvalue weighted by molar-refractivity contribution is -0.133. The summed E-state index contributed by atoms with van der Waals surface area (Å²) in [5.74, 6) is -1.02. The molecule has 21 heavy (non-hydrogen) atoms. The monoisotopic (exact) mass is 356 g/mol. The molecule has 5 nitrogen and oxygen atoms in total. The second kappa shape index (κ2) is 8.14. The van der Waals surface area contributed by atoms with Crippen LogP contribution in [-0.2, 0) is 16.0 Å². The number of aliphatic hydroxyl groups is 1. The van der Waals surface area contributed by atoms with E-state index >= 15 is 0 Å². The first-order chi connectivity index (χ1) is 9.81. The Morgan fingerprint density at radius 2 is 1.95 bits per heavy atom. The highest BCUT2D eigenvalue weighted by Gasteiger charge is 2.24. The van der Waals surface area contributed by atoms with Crippen molar-refractivity contribution in [1.82, 2.24) is 5.32 Å². The van der Waals surface area contributed by atoms with Gasteiger partial charge in [0.05, 0.1) is 0 Å². The van der Waals surface area contributed by atoms with Crippen molar-refractivity contribution >= 4 is 27.7 Å². The van der Waals surface area contributed by atoms with Crippen LogP contribution in [0.4, 0.5) is 0 Å². The molecule has 6 heteroatoms. The second-order valence-electron chi connectivity index (χ2n) is 5.40. The van der Waals surface area contributed by atoms with E-state index in [1.165, 1.54) is 0 Å². The van der Waals surface area contributed by atoms with Crippen LogP contribution in [-0.4, -0.2) is 29.1 Å². The van der Waals surface area contributed by atoms with Gasteiger partial charge in [-0.3, -0.25) is 9.59 Å². The quantitative estimate of drug-likeness (QED) is 0.688. The van der Waals surface area contributed by atoms with Gasteiger partial charge in [-0.05, 0) is 24.0 Å². The minimum atomic E-state index is -1.13. The fourth-order valence-corrected chi connectivity index (χ4v) is 2.37. The van der Waals surface area contributed by atoms with Gasteiger partial charge in [0.25, 0.3) is 0 Å². The lowest BCUT2D eigenvalue weighted by Gasteiger charge is -2.19. The molecule has 4 N–H and O–H groups in total. The SMILES string of the molecule is CC(C)C[C@@H](O)C(=O)N[C@@H](Cc1ccccc1Br)C(N)=O. The molecule has 0 unspecified atom stereocenters. The first-order valence-corrected chi connectivity index (χ1v) is 7.61. The Labute approximate surface area is 133 Å². The number of benzene rings is 1. The summed E-state index contributed by atoms with van der Waals surface area (Å²) in [6, 6.07) is 6.54. The van der Waals surface area contributed by atoms with Crippen molar-refractivity contribution in [2.45, 2.75) is 38.8 Å². The molecule has 0 fully saturated rings. The van der Waals surface area contributed by atoms with Crippen molar-refractivity contribution in [3.8, 4) is 0 Å². The Balaban J connectivity index is 2.73. The van der Waals surface area contributed by atoms with Gasteiger partial charge >= 0.3 is 0 Å². The van der Waals surface area contributed by atoms with E-state index in [0.29, 0.717) is 6.42 Å². The maximum Gasteiger partial charge on any atom is 0.249 e. The molecule has 2 atom stereocenters. The molecule has 0 aliphatic rings. The molecule has 2 amide bonds. The number of halogens is 1. The summed E-state index contributed by atoms with van der Waals surface area (Å²) in [5.41, 5.74) is 6.19. The Kier molecular flexibility index (Phi) is 6.84. The van der Waals surface area contributed by atoms with E-state index in [4.69, 9.17) is 5.73 Å². The standard InChI is InChI=1S/C15H21BrN2O3/c1-9(2)7-13(19)15(21)18-12(14(17)20)8-10-5-3-4-6-11(10)16/h3-6,9,12-13,19H,7-8H2,1-2H3,(H2,17,20)(H,18,21)/t12-,13+/m0/s1. The molecule has 0 heterocycles. The van der Waals surface area contributed by atoms with Crippen LogP contribution < -0.4 is 11.1 Å². The number of carbonyl (C=O) groups is 2.